The minimum atomic E-state index is -1.36. The Hall–Kier alpha value is -1.72. The molecule has 2 rings (SSSR count). The molecule has 0 aliphatic rings. The summed E-state index contributed by atoms with van der Waals surface area (Å²) in [6.07, 6.45) is -0.614. The van der Waals surface area contributed by atoms with Gasteiger partial charge >= 0.3 is 0 Å². The van der Waals surface area contributed by atoms with Crippen LogP contribution in [0.5, 0.6) is 0 Å². The number of benzene rings is 2. The first-order chi connectivity index (χ1) is 11.1. The molecule has 0 amide bonds. The van der Waals surface area contributed by atoms with Gasteiger partial charge in [0.2, 0.25) is 0 Å². The zero-order valence-electron chi connectivity index (χ0n) is 13.4. The molecule has 0 aliphatic heterocycles. The number of ether oxygens (including phenoxy) is 2. The molecule has 0 fully saturated rings. The highest BCUT2D eigenvalue weighted by Crippen LogP contribution is 2.16. The van der Waals surface area contributed by atoms with E-state index >= 15 is 0 Å². The van der Waals surface area contributed by atoms with Crippen LogP contribution in [0.4, 0.5) is 0 Å². The van der Waals surface area contributed by atoms with Gasteiger partial charge in [-0.25, -0.2) is 0 Å². The third-order valence-electron chi connectivity index (χ3n) is 3.69. The summed E-state index contributed by atoms with van der Waals surface area (Å²) in [6.45, 7) is 2.16. The fourth-order valence-electron chi connectivity index (χ4n) is 2.14. The van der Waals surface area contributed by atoms with Crippen molar-refractivity contribution in [2.24, 2.45) is 0 Å². The lowest BCUT2D eigenvalue weighted by Crippen LogP contribution is -2.47. The molecular formula is C19H24O4. The molecule has 0 aromatic heterocycles. The smallest absolute Gasteiger partial charge is 0.113 e. The predicted molar refractivity (Wildman–Crippen MR) is 88.8 cm³/mol. The van der Waals surface area contributed by atoms with E-state index < -0.39 is 11.7 Å². The number of rotatable bonds is 9. The van der Waals surface area contributed by atoms with E-state index in [4.69, 9.17) is 9.47 Å². The van der Waals surface area contributed by atoms with Crippen molar-refractivity contribution in [2.45, 2.75) is 31.8 Å². The van der Waals surface area contributed by atoms with E-state index in [0.29, 0.717) is 13.2 Å². The third-order valence-corrected chi connectivity index (χ3v) is 3.69. The number of aliphatic hydroxyl groups is 2. The van der Waals surface area contributed by atoms with Crippen molar-refractivity contribution in [3.8, 4) is 0 Å². The lowest BCUT2D eigenvalue weighted by atomic mass is 10.0. The van der Waals surface area contributed by atoms with Gasteiger partial charge in [-0.05, 0) is 18.1 Å². The molecule has 2 aromatic rings. The van der Waals surface area contributed by atoms with E-state index in [1.54, 1.807) is 6.92 Å². The van der Waals surface area contributed by atoms with E-state index in [0.717, 1.165) is 11.1 Å². The van der Waals surface area contributed by atoms with Crippen molar-refractivity contribution in [3.05, 3.63) is 71.8 Å². The fourth-order valence-corrected chi connectivity index (χ4v) is 2.14. The highest BCUT2D eigenvalue weighted by atomic mass is 16.5. The zero-order valence-corrected chi connectivity index (χ0v) is 13.4. The summed E-state index contributed by atoms with van der Waals surface area (Å²) in [5, 5.41) is 19.7. The van der Waals surface area contributed by atoms with E-state index in [9.17, 15) is 10.2 Å². The maximum absolute atomic E-state index is 10.3. The Kier molecular flexibility index (Phi) is 6.74. The Morgan fingerprint density at radius 2 is 1.43 bits per heavy atom. The zero-order chi connectivity index (χ0) is 16.5. The molecule has 2 N–H and O–H groups in total. The van der Waals surface area contributed by atoms with E-state index in [2.05, 4.69) is 0 Å². The lowest BCUT2D eigenvalue weighted by Gasteiger charge is -2.31. The Morgan fingerprint density at radius 3 is 1.96 bits per heavy atom. The van der Waals surface area contributed by atoms with Gasteiger partial charge in [-0.2, -0.15) is 0 Å². The van der Waals surface area contributed by atoms with Crippen LogP contribution in [-0.4, -0.2) is 35.1 Å². The quantitative estimate of drug-likeness (QED) is 0.746. The van der Waals surface area contributed by atoms with Crippen LogP contribution < -0.4 is 0 Å². The van der Waals surface area contributed by atoms with Crippen LogP contribution in [0.1, 0.15) is 18.1 Å². The van der Waals surface area contributed by atoms with Crippen molar-refractivity contribution < 1.29 is 19.7 Å². The molecule has 0 radical (unpaired) electrons. The molecule has 0 bridgehead atoms. The Bertz CT molecular complexity index is 554. The molecule has 0 heterocycles. The van der Waals surface area contributed by atoms with Crippen molar-refractivity contribution in [2.75, 3.05) is 13.2 Å². The molecule has 124 valence electrons. The number of hydrogen-bond donors (Lipinski definition) is 2. The molecule has 23 heavy (non-hydrogen) atoms. The van der Waals surface area contributed by atoms with Gasteiger partial charge in [0.05, 0.1) is 26.4 Å². The Morgan fingerprint density at radius 1 is 0.913 bits per heavy atom. The number of hydrogen-bond acceptors (Lipinski definition) is 4. The minimum Gasteiger partial charge on any atom is -0.393 e. The molecule has 4 heteroatoms. The Balaban J connectivity index is 1.89. The monoisotopic (exact) mass is 316 g/mol. The van der Waals surface area contributed by atoms with Gasteiger partial charge in [-0.1, -0.05) is 60.7 Å². The van der Waals surface area contributed by atoms with E-state index in [1.807, 2.05) is 60.7 Å². The van der Waals surface area contributed by atoms with Crippen molar-refractivity contribution in [3.63, 3.8) is 0 Å². The van der Waals surface area contributed by atoms with Gasteiger partial charge < -0.3 is 19.7 Å². The summed E-state index contributed by atoms with van der Waals surface area (Å²) < 4.78 is 11.4. The van der Waals surface area contributed by atoms with Gasteiger partial charge in [-0.3, -0.25) is 0 Å². The standard InChI is InChI=1S/C19H24O4/c1-19(21,15-20)18(23-13-17-10-6-3-7-11-17)14-22-12-16-8-4-2-5-9-16/h2-11,18,20-21H,12-15H2,1H3/t18-,19+/m0/s1. The first-order valence-corrected chi connectivity index (χ1v) is 7.72. The maximum Gasteiger partial charge on any atom is 0.113 e. The van der Waals surface area contributed by atoms with Gasteiger partial charge in [0.15, 0.2) is 0 Å². The topological polar surface area (TPSA) is 58.9 Å². The maximum atomic E-state index is 10.3. The van der Waals surface area contributed by atoms with Crippen molar-refractivity contribution in [1.29, 1.82) is 0 Å². The first kappa shape index (κ1) is 17.6. The Labute approximate surface area is 137 Å². The highest BCUT2D eigenvalue weighted by molar-refractivity contribution is 5.14. The van der Waals surface area contributed by atoms with Gasteiger partial charge in [0, 0.05) is 0 Å². The summed E-state index contributed by atoms with van der Waals surface area (Å²) >= 11 is 0. The summed E-state index contributed by atoms with van der Waals surface area (Å²) in [7, 11) is 0. The van der Waals surface area contributed by atoms with Crippen LogP contribution in [0.25, 0.3) is 0 Å². The van der Waals surface area contributed by atoms with Crippen LogP contribution in [-0.2, 0) is 22.7 Å². The van der Waals surface area contributed by atoms with Gasteiger partial charge in [-0.15, -0.1) is 0 Å². The van der Waals surface area contributed by atoms with Crippen LogP contribution in [0.3, 0.4) is 0 Å². The first-order valence-electron chi connectivity index (χ1n) is 7.72. The largest absolute Gasteiger partial charge is 0.393 e. The summed E-state index contributed by atoms with van der Waals surface area (Å²) in [5.41, 5.74) is 0.707. The molecule has 2 atom stereocenters. The summed E-state index contributed by atoms with van der Waals surface area (Å²) in [5.74, 6) is 0. The van der Waals surface area contributed by atoms with E-state index in [-0.39, 0.29) is 13.2 Å². The average molecular weight is 316 g/mol. The lowest BCUT2D eigenvalue weighted by molar-refractivity contribution is -0.152. The fraction of sp³-hybridized carbons (Fsp3) is 0.368. The third kappa shape index (κ3) is 5.77. The normalized spacial score (nSPS) is 15.1. The van der Waals surface area contributed by atoms with Crippen LogP contribution in [0, 0.1) is 0 Å². The van der Waals surface area contributed by atoms with Gasteiger partial charge in [0.1, 0.15) is 11.7 Å². The van der Waals surface area contributed by atoms with Crippen LogP contribution >= 0.6 is 0 Å². The van der Waals surface area contributed by atoms with Crippen molar-refractivity contribution in [1.82, 2.24) is 0 Å². The molecular weight excluding hydrogens is 292 g/mol. The number of aliphatic hydroxyl groups excluding tert-OH is 1. The predicted octanol–water partition coefficient (Wildman–Crippen LogP) is 2.53. The van der Waals surface area contributed by atoms with Crippen LogP contribution in [0.2, 0.25) is 0 Å². The van der Waals surface area contributed by atoms with Crippen LogP contribution in [0.15, 0.2) is 60.7 Å². The second-order valence-corrected chi connectivity index (χ2v) is 5.80. The molecule has 0 aliphatic carbocycles. The minimum absolute atomic E-state index is 0.204. The second kappa shape index (κ2) is 8.79. The van der Waals surface area contributed by atoms with Gasteiger partial charge in [0.25, 0.3) is 0 Å². The molecule has 4 nitrogen and oxygen atoms in total. The molecule has 0 spiro atoms. The highest BCUT2D eigenvalue weighted by Gasteiger charge is 2.32. The SMILES string of the molecule is C[C@@](O)(CO)[C@H](COCc1ccccc1)OCc1ccccc1. The summed E-state index contributed by atoms with van der Waals surface area (Å²) in [6, 6.07) is 19.5. The second-order valence-electron chi connectivity index (χ2n) is 5.80. The molecule has 0 saturated carbocycles. The van der Waals surface area contributed by atoms with Crippen molar-refractivity contribution >= 4 is 0 Å². The molecule has 2 aromatic carbocycles. The van der Waals surface area contributed by atoms with E-state index in [1.165, 1.54) is 0 Å². The summed E-state index contributed by atoms with van der Waals surface area (Å²) in [4.78, 5) is 0. The molecule has 0 saturated heterocycles. The molecule has 0 unspecified atom stereocenters. The average Bonchev–Trinajstić information content (AvgIpc) is 2.59.